The second-order valence-electron chi connectivity index (χ2n) is 5.62. The van der Waals surface area contributed by atoms with Crippen LogP contribution in [0.3, 0.4) is 0 Å². The van der Waals surface area contributed by atoms with Crippen LogP contribution in [0.2, 0.25) is 0 Å². The minimum Gasteiger partial charge on any atom is -0.492 e. The van der Waals surface area contributed by atoms with Gasteiger partial charge < -0.3 is 9.47 Å². The lowest BCUT2D eigenvalue weighted by Gasteiger charge is -2.12. The molecule has 4 aromatic rings. The van der Waals surface area contributed by atoms with Crippen LogP contribution in [0.4, 0.5) is 0 Å². The molecule has 0 aliphatic carbocycles. The van der Waals surface area contributed by atoms with Gasteiger partial charge in [-0.3, -0.25) is 9.36 Å². The van der Waals surface area contributed by atoms with E-state index in [9.17, 15) is 4.79 Å². The van der Waals surface area contributed by atoms with Gasteiger partial charge in [0.1, 0.15) is 12.4 Å². The summed E-state index contributed by atoms with van der Waals surface area (Å²) in [6.07, 6.45) is 3.23. The minimum atomic E-state index is -0.201. The van der Waals surface area contributed by atoms with Crippen LogP contribution >= 0.6 is 0 Å². The first kappa shape index (κ1) is 16.2. The molecule has 0 unspecified atom stereocenters. The van der Waals surface area contributed by atoms with Gasteiger partial charge in [0.05, 0.1) is 23.2 Å². The number of hydrogen-bond donors (Lipinski definition) is 0. The summed E-state index contributed by atoms with van der Waals surface area (Å²) in [5.41, 5.74) is 1.12. The summed E-state index contributed by atoms with van der Waals surface area (Å²) in [5.74, 6) is 1.59. The van der Waals surface area contributed by atoms with Crippen LogP contribution in [0.5, 0.6) is 5.75 Å². The van der Waals surface area contributed by atoms with Crippen LogP contribution in [0, 0.1) is 0 Å². The molecule has 0 radical (unpaired) electrons. The normalized spacial score (nSPS) is 11.3. The van der Waals surface area contributed by atoms with Gasteiger partial charge in [0.25, 0.3) is 11.3 Å². The molecule has 0 aliphatic heterocycles. The first-order valence-corrected chi connectivity index (χ1v) is 8.20. The molecule has 132 valence electrons. The van der Waals surface area contributed by atoms with E-state index >= 15 is 0 Å². The molecule has 0 bridgehead atoms. The van der Waals surface area contributed by atoms with Crippen molar-refractivity contribution in [1.82, 2.24) is 24.1 Å². The summed E-state index contributed by atoms with van der Waals surface area (Å²) in [4.78, 5) is 21.6. The van der Waals surface area contributed by atoms with E-state index in [0.717, 1.165) is 0 Å². The van der Waals surface area contributed by atoms with Crippen LogP contribution in [-0.4, -0.2) is 37.9 Å². The maximum atomic E-state index is 13.0. The Bertz CT molecular complexity index is 1150. The highest BCUT2D eigenvalue weighted by molar-refractivity contribution is 5.79. The number of benzene rings is 1. The second kappa shape index (κ2) is 6.57. The van der Waals surface area contributed by atoms with Crippen molar-refractivity contribution in [2.75, 3.05) is 13.7 Å². The standard InChI is InChI=1S/C18H17N5O3/c1-3-26-15-7-5-4-6-14(15)22-9-8-13-12(17(22)24)10-19-18-20-16(11-25-2)21-23(13)18/h4-10H,3,11H2,1-2H3. The topological polar surface area (TPSA) is 83.5 Å². The minimum absolute atomic E-state index is 0.201. The van der Waals surface area contributed by atoms with E-state index in [1.807, 2.05) is 37.3 Å². The first-order valence-electron chi connectivity index (χ1n) is 8.20. The van der Waals surface area contributed by atoms with Gasteiger partial charge >= 0.3 is 0 Å². The van der Waals surface area contributed by atoms with Crippen molar-refractivity contribution in [3.05, 3.63) is 58.9 Å². The van der Waals surface area contributed by atoms with Crippen molar-refractivity contribution in [2.24, 2.45) is 0 Å². The zero-order valence-corrected chi connectivity index (χ0v) is 14.4. The van der Waals surface area contributed by atoms with Gasteiger partial charge in [-0.2, -0.15) is 9.50 Å². The van der Waals surface area contributed by atoms with E-state index in [2.05, 4.69) is 15.1 Å². The van der Waals surface area contributed by atoms with E-state index in [1.165, 1.54) is 6.20 Å². The molecule has 0 amide bonds. The molecular weight excluding hydrogens is 334 g/mol. The highest BCUT2D eigenvalue weighted by atomic mass is 16.5. The third-order valence-corrected chi connectivity index (χ3v) is 3.98. The van der Waals surface area contributed by atoms with E-state index in [4.69, 9.17) is 9.47 Å². The molecule has 4 rings (SSSR count). The Balaban J connectivity index is 1.93. The highest BCUT2D eigenvalue weighted by Crippen LogP contribution is 2.22. The maximum absolute atomic E-state index is 13.0. The third kappa shape index (κ3) is 2.60. The number of para-hydroxylation sites is 2. The van der Waals surface area contributed by atoms with E-state index in [1.54, 1.807) is 22.4 Å². The fourth-order valence-corrected chi connectivity index (χ4v) is 2.87. The van der Waals surface area contributed by atoms with E-state index in [-0.39, 0.29) is 12.2 Å². The molecule has 0 N–H and O–H groups in total. The fraction of sp³-hybridized carbons (Fsp3) is 0.222. The number of fused-ring (bicyclic) bond motifs is 3. The molecule has 26 heavy (non-hydrogen) atoms. The Morgan fingerprint density at radius 3 is 2.85 bits per heavy atom. The van der Waals surface area contributed by atoms with Gasteiger partial charge in [0.15, 0.2) is 5.82 Å². The molecule has 0 saturated carbocycles. The maximum Gasteiger partial charge on any atom is 0.266 e. The Labute approximate surface area is 148 Å². The van der Waals surface area contributed by atoms with Crippen LogP contribution in [0.1, 0.15) is 12.7 Å². The number of hydrogen-bond acceptors (Lipinski definition) is 6. The van der Waals surface area contributed by atoms with Gasteiger partial charge in [-0.05, 0) is 25.1 Å². The van der Waals surface area contributed by atoms with Crippen LogP contribution in [0.25, 0.3) is 22.4 Å². The molecule has 8 heteroatoms. The Hall–Kier alpha value is -3.26. The Morgan fingerprint density at radius 1 is 1.19 bits per heavy atom. The average Bonchev–Trinajstić information content (AvgIpc) is 3.06. The van der Waals surface area contributed by atoms with Crippen molar-refractivity contribution in [1.29, 1.82) is 0 Å². The lowest BCUT2D eigenvalue weighted by molar-refractivity contribution is 0.178. The number of rotatable bonds is 5. The summed E-state index contributed by atoms with van der Waals surface area (Å²) < 4.78 is 13.8. The largest absolute Gasteiger partial charge is 0.492 e. The van der Waals surface area contributed by atoms with E-state index < -0.39 is 0 Å². The third-order valence-electron chi connectivity index (χ3n) is 3.98. The average molecular weight is 351 g/mol. The molecule has 0 fully saturated rings. The number of aromatic nitrogens is 5. The summed E-state index contributed by atoms with van der Waals surface area (Å²) in [7, 11) is 1.58. The Morgan fingerprint density at radius 2 is 2.04 bits per heavy atom. The van der Waals surface area contributed by atoms with E-state index in [0.29, 0.717) is 40.5 Å². The molecule has 1 aromatic carbocycles. The monoisotopic (exact) mass is 351 g/mol. The summed E-state index contributed by atoms with van der Waals surface area (Å²) in [5, 5.41) is 4.81. The summed E-state index contributed by atoms with van der Waals surface area (Å²) >= 11 is 0. The van der Waals surface area contributed by atoms with Crippen molar-refractivity contribution in [2.45, 2.75) is 13.5 Å². The zero-order valence-electron chi connectivity index (χ0n) is 14.4. The number of methoxy groups -OCH3 is 1. The summed E-state index contributed by atoms with van der Waals surface area (Å²) in [6, 6.07) is 9.24. The first-order chi connectivity index (χ1) is 12.7. The van der Waals surface area contributed by atoms with Crippen molar-refractivity contribution >= 4 is 16.7 Å². The van der Waals surface area contributed by atoms with Crippen molar-refractivity contribution in [3.8, 4) is 11.4 Å². The van der Waals surface area contributed by atoms with Gasteiger partial charge in [-0.25, -0.2) is 4.98 Å². The quantitative estimate of drug-likeness (QED) is 0.547. The molecule has 8 nitrogen and oxygen atoms in total. The van der Waals surface area contributed by atoms with Crippen LogP contribution in [-0.2, 0) is 11.3 Å². The molecule has 0 saturated heterocycles. The van der Waals surface area contributed by atoms with Crippen LogP contribution < -0.4 is 10.3 Å². The predicted molar refractivity (Wildman–Crippen MR) is 95.8 cm³/mol. The smallest absolute Gasteiger partial charge is 0.266 e. The van der Waals surface area contributed by atoms with Crippen molar-refractivity contribution < 1.29 is 9.47 Å². The second-order valence-corrected chi connectivity index (χ2v) is 5.62. The van der Waals surface area contributed by atoms with Gasteiger partial charge in [-0.1, -0.05) is 12.1 Å². The highest BCUT2D eigenvalue weighted by Gasteiger charge is 2.13. The number of nitrogens with zero attached hydrogens (tertiary/aromatic N) is 5. The summed E-state index contributed by atoms with van der Waals surface area (Å²) in [6.45, 7) is 2.70. The zero-order chi connectivity index (χ0) is 18.1. The van der Waals surface area contributed by atoms with Crippen molar-refractivity contribution in [3.63, 3.8) is 0 Å². The molecule has 0 spiro atoms. The fourth-order valence-electron chi connectivity index (χ4n) is 2.87. The van der Waals surface area contributed by atoms with Gasteiger partial charge in [0, 0.05) is 19.5 Å². The molecule has 3 heterocycles. The van der Waals surface area contributed by atoms with Gasteiger partial charge in [-0.15, -0.1) is 5.10 Å². The lowest BCUT2D eigenvalue weighted by atomic mass is 10.2. The van der Waals surface area contributed by atoms with Crippen LogP contribution in [0.15, 0.2) is 47.5 Å². The predicted octanol–water partition coefficient (Wildman–Crippen LogP) is 1.97. The number of pyridine rings is 1. The SMILES string of the molecule is CCOc1ccccc1-n1ccc2c(cnc3nc(COC)nn32)c1=O. The molecule has 0 atom stereocenters. The lowest BCUT2D eigenvalue weighted by Crippen LogP contribution is -2.19. The molecule has 0 aliphatic rings. The molecular formula is C18H17N5O3. The van der Waals surface area contributed by atoms with Gasteiger partial charge in [0.2, 0.25) is 0 Å². The Kier molecular flexibility index (Phi) is 4.10. The molecule has 3 aromatic heterocycles. The number of ether oxygens (including phenoxy) is 2.